The Morgan fingerprint density at radius 2 is 1.82 bits per heavy atom. The molecule has 1 heterocycles. The highest BCUT2D eigenvalue weighted by Crippen LogP contribution is 2.16. The van der Waals surface area contributed by atoms with E-state index in [1.165, 1.54) is 0 Å². The van der Waals surface area contributed by atoms with Gasteiger partial charge in [0.05, 0.1) is 6.04 Å². The highest BCUT2D eigenvalue weighted by Gasteiger charge is 2.26. The van der Waals surface area contributed by atoms with Crippen molar-refractivity contribution in [3.05, 3.63) is 0 Å². The zero-order valence-electron chi connectivity index (χ0n) is 10.8. The molecule has 0 aromatic rings. The van der Waals surface area contributed by atoms with Gasteiger partial charge in [-0.05, 0) is 33.6 Å². The molecule has 0 aromatic heterocycles. The molecule has 1 saturated heterocycles. The Bertz CT molecular complexity index is 297. The van der Waals surface area contributed by atoms with Crippen LogP contribution in [0.4, 0.5) is 4.79 Å². The van der Waals surface area contributed by atoms with E-state index >= 15 is 0 Å². The lowest BCUT2D eigenvalue weighted by atomic mass is 10.1. The Morgan fingerprint density at radius 1 is 1.29 bits per heavy atom. The number of hydrogen-bond acceptors (Lipinski definition) is 3. The first kappa shape index (κ1) is 13.6. The highest BCUT2D eigenvalue weighted by atomic mass is 16.6. The Labute approximate surface area is 102 Å². The lowest BCUT2D eigenvalue weighted by molar-refractivity contribution is 0.0207. The minimum atomic E-state index is -0.451. The molecule has 17 heavy (non-hydrogen) atoms. The fraction of sp³-hybridized carbons (Fsp3) is 0.818. The van der Waals surface area contributed by atoms with Crippen molar-refractivity contribution in [2.24, 2.45) is 16.5 Å². The van der Waals surface area contributed by atoms with Gasteiger partial charge in [-0.15, -0.1) is 0 Å². The number of guanidine groups is 1. The summed E-state index contributed by atoms with van der Waals surface area (Å²) in [6, 6.07) is 0.124. The molecule has 1 fully saturated rings. The minimum absolute atomic E-state index is 0.112. The van der Waals surface area contributed by atoms with E-state index in [0.717, 1.165) is 12.8 Å². The van der Waals surface area contributed by atoms with Gasteiger partial charge in [0.25, 0.3) is 0 Å². The molecule has 0 atom stereocenters. The Kier molecular flexibility index (Phi) is 4.20. The van der Waals surface area contributed by atoms with Gasteiger partial charge in [0.2, 0.25) is 0 Å². The van der Waals surface area contributed by atoms with Gasteiger partial charge in [-0.1, -0.05) is 0 Å². The van der Waals surface area contributed by atoms with Crippen molar-refractivity contribution in [1.82, 2.24) is 4.90 Å². The normalized spacial score (nSPS) is 17.7. The van der Waals surface area contributed by atoms with Gasteiger partial charge in [-0.2, -0.15) is 0 Å². The zero-order chi connectivity index (χ0) is 13.1. The molecule has 0 aromatic carbocycles. The van der Waals surface area contributed by atoms with Crippen LogP contribution in [-0.4, -0.2) is 41.7 Å². The number of nitrogens with zero attached hydrogens (tertiary/aromatic N) is 2. The summed E-state index contributed by atoms with van der Waals surface area (Å²) in [7, 11) is 0. The number of nitrogens with two attached hydrogens (primary N) is 2. The largest absolute Gasteiger partial charge is 0.444 e. The van der Waals surface area contributed by atoms with E-state index in [-0.39, 0.29) is 18.1 Å². The summed E-state index contributed by atoms with van der Waals surface area (Å²) in [6.07, 6.45) is 1.29. The Morgan fingerprint density at radius 3 is 2.24 bits per heavy atom. The number of piperidine rings is 1. The second-order valence-corrected chi connectivity index (χ2v) is 5.25. The van der Waals surface area contributed by atoms with Crippen LogP contribution < -0.4 is 11.5 Å². The van der Waals surface area contributed by atoms with Gasteiger partial charge in [0, 0.05) is 13.1 Å². The van der Waals surface area contributed by atoms with Crippen LogP contribution in [0.5, 0.6) is 0 Å². The van der Waals surface area contributed by atoms with Crippen LogP contribution in [0.2, 0.25) is 0 Å². The van der Waals surface area contributed by atoms with E-state index in [1.807, 2.05) is 20.8 Å². The van der Waals surface area contributed by atoms with Crippen molar-refractivity contribution in [1.29, 1.82) is 0 Å². The predicted octanol–water partition coefficient (Wildman–Crippen LogP) is 0.659. The standard InChI is InChI=1S/C11H22N4O2/c1-11(2,3)17-10(16)15-6-4-8(5-7-15)14-9(12)13/h8H,4-7H2,1-3H3,(H4,12,13,14). The maximum absolute atomic E-state index is 11.8. The first-order chi connectivity index (χ1) is 7.78. The molecule has 1 aliphatic rings. The predicted molar refractivity (Wildman–Crippen MR) is 66.6 cm³/mol. The van der Waals surface area contributed by atoms with Crippen LogP contribution >= 0.6 is 0 Å². The van der Waals surface area contributed by atoms with E-state index < -0.39 is 5.60 Å². The molecule has 1 rings (SSSR count). The number of carbonyl (C=O) groups is 1. The van der Waals surface area contributed by atoms with E-state index in [4.69, 9.17) is 16.2 Å². The van der Waals surface area contributed by atoms with E-state index in [9.17, 15) is 4.79 Å². The molecule has 98 valence electrons. The first-order valence-corrected chi connectivity index (χ1v) is 5.84. The number of hydrogen-bond donors (Lipinski definition) is 2. The number of rotatable bonds is 1. The van der Waals surface area contributed by atoms with Gasteiger partial charge in [-0.25, -0.2) is 4.79 Å². The lowest BCUT2D eigenvalue weighted by Crippen LogP contribution is -2.43. The number of amides is 1. The third-order valence-corrected chi connectivity index (χ3v) is 2.45. The second-order valence-electron chi connectivity index (χ2n) is 5.25. The van der Waals surface area contributed by atoms with Crippen molar-refractivity contribution < 1.29 is 9.53 Å². The average molecular weight is 242 g/mol. The van der Waals surface area contributed by atoms with Crippen LogP contribution in [0, 0.1) is 0 Å². The molecule has 0 saturated carbocycles. The number of likely N-dealkylation sites (tertiary alicyclic amines) is 1. The van der Waals surface area contributed by atoms with E-state index in [1.54, 1.807) is 4.90 Å². The molecule has 0 aliphatic carbocycles. The summed E-state index contributed by atoms with van der Waals surface area (Å²) in [5.41, 5.74) is 10.2. The maximum atomic E-state index is 11.8. The van der Waals surface area contributed by atoms with Crippen LogP contribution in [0.3, 0.4) is 0 Å². The fourth-order valence-corrected chi connectivity index (χ4v) is 1.71. The van der Waals surface area contributed by atoms with Crippen molar-refractivity contribution in [2.45, 2.75) is 45.3 Å². The molecule has 0 spiro atoms. The summed E-state index contributed by atoms with van der Waals surface area (Å²) < 4.78 is 5.30. The molecule has 0 bridgehead atoms. The molecule has 0 unspecified atom stereocenters. The summed E-state index contributed by atoms with van der Waals surface area (Å²) in [4.78, 5) is 17.6. The minimum Gasteiger partial charge on any atom is -0.444 e. The Balaban J connectivity index is 2.42. The number of aliphatic imine (C=N–C) groups is 1. The topological polar surface area (TPSA) is 93.9 Å². The van der Waals surface area contributed by atoms with Crippen molar-refractivity contribution in [3.8, 4) is 0 Å². The summed E-state index contributed by atoms with van der Waals surface area (Å²) in [5.74, 6) is 0.112. The monoisotopic (exact) mass is 242 g/mol. The van der Waals surface area contributed by atoms with E-state index in [2.05, 4.69) is 4.99 Å². The van der Waals surface area contributed by atoms with Crippen LogP contribution in [0.15, 0.2) is 4.99 Å². The number of ether oxygens (including phenoxy) is 1. The average Bonchev–Trinajstić information content (AvgIpc) is 2.15. The van der Waals surface area contributed by atoms with Crippen molar-refractivity contribution >= 4 is 12.1 Å². The van der Waals surface area contributed by atoms with Crippen LogP contribution in [-0.2, 0) is 4.74 Å². The lowest BCUT2D eigenvalue weighted by Gasteiger charge is -2.32. The van der Waals surface area contributed by atoms with Gasteiger partial charge < -0.3 is 21.1 Å². The Hall–Kier alpha value is -1.46. The van der Waals surface area contributed by atoms with Gasteiger partial charge in [0.1, 0.15) is 5.60 Å². The van der Waals surface area contributed by atoms with Gasteiger partial charge in [-0.3, -0.25) is 4.99 Å². The molecule has 0 radical (unpaired) electrons. The maximum Gasteiger partial charge on any atom is 0.410 e. The molecule has 6 heteroatoms. The smallest absolute Gasteiger partial charge is 0.410 e. The van der Waals surface area contributed by atoms with Crippen molar-refractivity contribution in [2.75, 3.05) is 13.1 Å². The fourth-order valence-electron chi connectivity index (χ4n) is 1.71. The first-order valence-electron chi connectivity index (χ1n) is 5.84. The number of carbonyl (C=O) groups excluding carboxylic acids is 1. The molecule has 1 amide bonds. The van der Waals surface area contributed by atoms with Crippen molar-refractivity contribution in [3.63, 3.8) is 0 Å². The quantitative estimate of drug-likeness (QED) is 0.521. The SMILES string of the molecule is CC(C)(C)OC(=O)N1CCC(N=C(N)N)CC1. The highest BCUT2D eigenvalue weighted by molar-refractivity contribution is 5.75. The zero-order valence-corrected chi connectivity index (χ0v) is 10.8. The van der Waals surface area contributed by atoms with Gasteiger partial charge >= 0.3 is 6.09 Å². The molecule has 6 nitrogen and oxygen atoms in total. The van der Waals surface area contributed by atoms with Crippen LogP contribution in [0.25, 0.3) is 0 Å². The molecule has 4 N–H and O–H groups in total. The third kappa shape index (κ3) is 4.93. The van der Waals surface area contributed by atoms with Gasteiger partial charge in [0.15, 0.2) is 5.96 Å². The second kappa shape index (κ2) is 5.25. The third-order valence-electron chi connectivity index (χ3n) is 2.45. The summed E-state index contributed by atoms with van der Waals surface area (Å²) >= 11 is 0. The summed E-state index contributed by atoms with van der Waals surface area (Å²) in [5, 5.41) is 0. The summed E-state index contributed by atoms with van der Waals surface area (Å²) in [6.45, 7) is 6.85. The van der Waals surface area contributed by atoms with E-state index in [0.29, 0.717) is 13.1 Å². The molecule has 1 aliphatic heterocycles. The molecular weight excluding hydrogens is 220 g/mol. The van der Waals surface area contributed by atoms with Crippen LogP contribution in [0.1, 0.15) is 33.6 Å². The molecular formula is C11H22N4O2.